The van der Waals surface area contributed by atoms with E-state index in [0.29, 0.717) is 0 Å². The summed E-state index contributed by atoms with van der Waals surface area (Å²) in [6, 6.07) is 7.12. The maximum absolute atomic E-state index is 2.63. The molecule has 0 N–H and O–H groups in total. The third kappa shape index (κ3) is 1.07. The van der Waals surface area contributed by atoms with Gasteiger partial charge in [0.15, 0.2) is 18.4 Å². The zero-order valence-electron chi connectivity index (χ0n) is 16.1. The minimum atomic E-state index is 0.0776. The van der Waals surface area contributed by atoms with E-state index in [1.54, 1.807) is 0 Å². The Hall–Kier alpha value is -2.42. The number of rotatable bonds is 0. The highest BCUT2D eigenvalue weighted by atomic mass is 15.2. The molecule has 1 aromatic carbocycles. The van der Waals surface area contributed by atoms with Crippen molar-refractivity contribution in [3.8, 4) is 0 Å². The normalized spacial score (nSPS) is 20.0. The van der Waals surface area contributed by atoms with Gasteiger partial charge in [0.25, 0.3) is 11.2 Å². The number of pyridine rings is 2. The molecule has 3 aromatic heterocycles. The van der Waals surface area contributed by atoms with Crippen molar-refractivity contribution in [2.45, 2.75) is 58.5 Å². The summed E-state index contributed by atoms with van der Waals surface area (Å²) in [7, 11) is 0. The lowest BCUT2D eigenvalue weighted by Gasteiger charge is -2.42. The molecule has 26 heavy (non-hydrogen) atoms. The summed E-state index contributed by atoms with van der Waals surface area (Å²) in [6.45, 7) is 14.1. The maximum atomic E-state index is 2.63. The highest BCUT2D eigenvalue weighted by Gasteiger charge is 2.54. The van der Waals surface area contributed by atoms with Gasteiger partial charge in [-0.05, 0) is 0 Å². The molecule has 0 bridgehead atoms. The van der Waals surface area contributed by atoms with Gasteiger partial charge in [-0.2, -0.15) is 8.97 Å². The summed E-state index contributed by atoms with van der Waals surface area (Å²) in [5.74, 6) is 0. The molecule has 0 aliphatic carbocycles. The van der Waals surface area contributed by atoms with E-state index < -0.39 is 0 Å². The molecule has 0 amide bonds. The largest absolute Gasteiger partial charge is 0.296 e. The van der Waals surface area contributed by atoms with Gasteiger partial charge in [0.05, 0.1) is 10.8 Å². The van der Waals surface area contributed by atoms with Crippen LogP contribution in [0, 0.1) is 6.92 Å². The molecule has 4 aromatic rings. The Morgan fingerprint density at radius 1 is 0.923 bits per heavy atom. The van der Waals surface area contributed by atoms with E-state index in [-0.39, 0.29) is 10.8 Å². The standard InChI is InChI=1S/C23H23N3/c1-12-20-23(4,5)22(2,3)15-8-9-24-10-13-6-7-14-11-25(12)21-17(14)16(13)19(24)18(15)26(20)21/h6-9H,10-11H2,1-5H3/q+2. The van der Waals surface area contributed by atoms with Gasteiger partial charge in [0.1, 0.15) is 12.2 Å². The number of imidazole rings is 1. The highest BCUT2D eigenvalue weighted by molar-refractivity contribution is 6.12. The zero-order chi connectivity index (χ0) is 17.7. The Labute approximate surface area is 152 Å². The molecule has 3 nitrogen and oxygen atoms in total. The molecular formula is C23H23N3+2. The second-order valence-corrected chi connectivity index (χ2v) is 9.62. The second-order valence-electron chi connectivity index (χ2n) is 9.62. The van der Waals surface area contributed by atoms with Crippen LogP contribution >= 0.6 is 0 Å². The van der Waals surface area contributed by atoms with Gasteiger partial charge in [-0.15, -0.1) is 0 Å². The van der Waals surface area contributed by atoms with Gasteiger partial charge in [0, 0.05) is 40.5 Å². The smallest absolute Gasteiger partial charge is 0.222 e. The van der Waals surface area contributed by atoms with Crippen LogP contribution in [0.3, 0.4) is 0 Å². The predicted octanol–water partition coefficient (Wildman–Crippen LogP) is 3.42. The maximum Gasteiger partial charge on any atom is 0.296 e. The first-order valence-corrected chi connectivity index (χ1v) is 9.72. The molecule has 128 valence electrons. The number of nitrogens with zero attached hydrogens (tertiary/aromatic N) is 3. The van der Waals surface area contributed by atoms with E-state index in [4.69, 9.17) is 0 Å². The predicted molar refractivity (Wildman–Crippen MR) is 102 cm³/mol. The molecule has 0 radical (unpaired) electrons. The van der Waals surface area contributed by atoms with E-state index in [1.165, 1.54) is 55.5 Å². The van der Waals surface area contributed by atoms with Crippen molar-refractivity contribution in [3.63, 3.8) is 0 Å². The monoisotopic (exact) mass is 341 g/mol. The Balaban J connectivity index is 1.96. The van der Waals surface area contributed by atoms with Crippen LogP contribution < -0.4 is 8.97 Å². The molecule has 0 fully saturated rings. The van der Waals surface area contributed by atoms with Crippen molar-refractivity contribution >= 4 is 27.5 Å². The summed E-state index contributed by atoms with van der Waals surface area (Å²) < 4.78 is 7.68. The van der Waals surface area contributed by atoms with Gasteiger partial charge < -0.3 is 0 Å². The van der Waals surface area contributed by atoms with Crippen molar-refractivity contribution in [3.05, 3.63) is 52.5 Å². The van der Waals surface area contributed by atoms with Crippen molar-refractivity contribution < 1.29 is 8.97 Å². The molecule has 3 aliphatic heterocycles. The second kappa shape index (κ2) is 3.53. The molecule has 0 unspecified atom stereocenters. The fraction of sp³-hybridized carbons (Fsp3) is 0.391. The first-order chi connectivity index (χ1) is 12.3. The van der Waals surface area contributed by atoms with Crippen molar-refractivity contribution in [2.75, 3.05) is 0 Å². The molecule has 6 heterocycles. The van der Waals surface area contributed by atoms with Crippen molar-refractivity contribution in [1.82, 2.24) is 4.57 Å². The summed E-state index contributed by atoms with van der Waals surface area (Å²) in [5, 5.41) is 3.01. The van der Waals surface area contributed by atoms with E-state index >= 15 is 0 Å². The molecular weight excluding hydrogens is 318 g/mol. The van der Waals surface area contributed by atoms with Crippen LogP contribution in [-0.4, -0.2) is 4.57 Å². The van der Waals surface area contributed by atoms with E-state index in [9.17, 15) is 0 Å². The molecule has 3 aliphatic rings. The molecule has 0 atom stereocenters. The number of aromatic nitrogens is 3. The SMILES string of the molecule is Cc1c2[n+]3c4c(cc[n+]5c4c4c(ccc6c4c3n1C6)C5)C(C)(C)C2(C)C. The van der Waals surface area contributed by atoms with Crippen LogP contribution in [0.15, 0.2) is 24.4 Å². The van der Waals surface area contributed by atoms with E-state index in [1.807, 2.05) is 0 Å². The third-order valence-corrected chi connectivity index (χ3v) is 8.19. The fourth-order valence-electron chi connectivity index (χ4n) is 6.24. The van der Waals surface area contributed by atoms with Crippen LogP contribution in [0.4, 0.5) is 0 Å². The van der Waals surface area contributed by atoms with Gasteiger partial charge in [0.2, 0.25) is 5.52 Å². The lowest BCUT2D eigenvalue weighted by Crippen LogP contribution is -2.52. The highest BCUT2D eigenvalue weighted by Crippen LogP contribution is 2.51. The lowest BCUT2D eigenvalue weighted by atomic mass is 9.60. The first-order valence-electron chi connectivity index (χ1n) is 9.72. The Bertz CT molecular complexity index is 1380. The Morgan fingerprint density at radius 3 is 2.50 bits per heavy atom. The Morgan fingerprint density at radius 2 is 1.69 bits per heavy atom. The van der Waals surface area contributed by atoms with Crippen LogP contribution in [-0.2, 0) is 23.9 Å². The quantitative estimate of drug-likeness (QED) is 0.297. The molecule has 0 saturated carbocycles. The molecule has 3 heteroatoms. The first kappa shape index (κ1) is 13.7. The average Bonchev–Trinajstić information content (AvgIpc) is 3.22. The number of hydrogen-bond acceptors (Lipinski definition) is 0. The molecule has 0 saturated heterocycles. The number of hydrogen-bond donors (Lipinski definition) is 0. The summed E-state index contributed by atoms with van der Waals surface area (Å²) in [5.41, 5.74) is 11.9. The summed E-state index contributed by atoms with van der Waals surface area (Å²) in [6.07, 6.45) is 2.33. The summed E-state index contributed by atoms with van der Waals surface area (Å²) >= 11 is 0. The van der Waals surface area contributed by atoms with Gasteiger partial charge in [-0.1, -0.05) is 39.8 Å². The number of benzene rings is 1. The minimum Gasteiger partial charge on any atom is -0.222 e. The van der Waals surface area contributed by atoms with Crippen LogP contribution in [0.25, 0.3) is 27.5 Å². The summed E-state index contributed by atoms with van der Waals surface area (Å²) in [4.78, 5) is 0. The Kier molecular flexibility index (Phi) is 1.87. The molecule has 7 rings (SSSR count). The zero-order valence-corrected chi connectivity index (χ0v) is 16.1. The van der Waals surface area contributed by atoms with E-state index in [0.717, 1.165) is 13.1 Å². The van der Waals surface area contributed by atoms with Crippen molar-refractivity contribution in [2.24, 2.45) is 0 Å². The fourth-order valence-corrected chi connectivity index (χ4v) is 6.24. The lowest BCUT2D eigenvalue weighted by molar-refractivity contribution is -0.660. The topological polar surface area (TPSA) is 12.9 Å². The van der Waals surface area contributed by atoms with E-state index in [2.05, 4.69) is 72.5 Å². The molecule has 0 spiro atoms. The minimum absolute atomic E-state index is 0.0776. The van der Waals surface area contributed by atoms with Crippen molar-refractivity contribution in [1.29, 1.82) is 0 Å². The van der Waals surface area contributed by atoms with Crippen LogP contribution in [0.5, 0.6) is 0 Å². The van der Waals surface area contributed by atoms with Gasteiger partial charge >= 0.3 is 0 Å². The average molecular weight is 341 g/mol. The van der Waals surface area contributed by atoms with Gasteiger partial charge in [-0.3, -0.25) is 0 Å². The van der Waals surface area contributed by atoms with Crippen LogP contribution in [0.1, 0.15) is 55.8 Å². The van der Waals surface area contributed by atoms with Crippen LogP contribution in [0.2, 0.25) is 0 Å². The third-order valence-electron chi connectivity index (χ3n) is 8.19. The van der Waals surface area contributed by atoms with Gasteiger partial charge in [-0.25, -0.2) is 4.57 Å².